The summed E-state index contributed by atoms with van der Waals surface area (Å²) in [6, 6.07) is 78.6. The normalized spacial score (nSPS) is 12.7. The van der Waals surface area contributed by atoms with E-state index in [1.165, 1.54) is 59.8 Å². The van der Waals surface area contributed by atoms with Crippen molar-refractivity contribution in [1.82, 2.24) is 0 Å². The summed E-state index contributed by atoms with van der Waals surface area (Å²) < 4.78 is 6.81. The van der Waals surface area contributed by atoms with Gasteiger partial charge in [0, 0.05) is 20.9 Å². The van der Waals surface area contributed by atoms with E-state index in [-0.39, 0.29) is 0 Å². The molecule has 260 valence electrons. The number of fused-ring (bicyclic) bond motifs is 2. The topological polar surface area (TPSA) is 9.23 Å². The summed E-state index contributed by atoms with van der Waals surface area (Å²) in [5, 5.41) is 0. The van der Waals surface area contributed by atoms with Crippen LogP contribution in [0.2, 0.25) is 0 Å². The van der Waals surface area contributed by atoms with E-state index >= 15 is 0 Å². The lowest BCUT2D eigenvalue weighted by atomic mass is 9.63. The molecule has 0 unspecified atom stereocenters. The lowest BCUT2D eigenvalue weighted by Crippen LogP contribution is -2.34. The average Bonchev–Trinajstić information content (AvgIpc) is 3.77. The third-order valence-electron chi connectivity index (χ3n) is 10.9. The van der Waals surface area contributed by atoms with E-state index in [1.807, 2.05) is 11.3 Å². The molecule has 1 aliphatic heterocycles. The Morgan fingerprint density at radius 1 is 0.309 bits per heavy atom. The maximum Gasteiger partial charge on any atom is 0.132 e. The highest BCUT2D eigenvalue weighted by molar-refractivity contribution is 7.18. The number of para-hydroxylation sites is 1. The van der Waals surface area contributed by atoms with Crippen LogP contribution < -0.4 is 4.74 Å². The number of ether oxygens (including phenoxy) is 1. The highest BCUT2D eigenvalue weighted by Gasteiger charge is 2.45. The Hall–Kier alpha value is -6.74. The largest absolute Gasteiger partial charge is 0.457 e. The van der Waals surface area contributed by atoms with Crippen molar-refractivity contribution in [3.05, 3.63) is 241 Å². The summed E-state index contributed by atoms with van der Waals surface area (Å²) in [5.74, 6) is 1.76. The molecule has 9 aromatic rings. The van der Waals surface area contributed by atoms with Crippen LogP contribution in [-0.2, 0) is 5.41 Å². The molecule has 1 aliphatic rings. The van der Waals surface area contributed by atoms with E-state index in [1.54, 1.807) is 0 Å². The maximum atomic E-state index is 6.81. The Morgan fingerprint density at radius 2 is 0.764 bits per heavy atom. The van der Waals surface area contributed by atoms with E-state index in [2.05, 4.69) is 218 Å². The van der Waals surface area contributed by atoms with Gasteiger partial charge in [0.2, 0.25) is 0 Å². The summed E-state index contributed by atoms with van der Waals surface area (Å²) in [7, 11) is 0. The quantitative estimate of drug-likeness (QED) is 0.159. The first kappa shape index (κ1) is 32.9. The number of hydrogen-bond acceptors (Lipinski definition) is 2. The van der Waals surface area contributed by atoms with Crippen LogP contribution >= 0.6 is 11.3 Å². The van der Waals surface area contributed by atoms with Crippen LogP contribution in [0.1, 0.15) is 22.3 Å². The Kier molecular flexibility index (Phi) is 8.32. The van der Waals surface area contributed by atoms with Crippen molar-refractivity contribution in [2.45, 2.75) is 5.41 Å². The first-order valence-corrected chi connectivity index (χ1v) is 19.6. The molecule has 0 bridgehead atoms. The third kappa shape index (κ3) is 5.62. The molecule has 1 aromatic heterocycles. The van der Waals surface area contributed by atoms with Gasteiger partial charge in [-0.15, -0.1) is 11.3 Å². The van der Waals surface area contributed by atoms with Gasteiger partial charge in [-0.1, -0.05) is 194 Å². The zero-order valence-electron chi connectivity index (χ0n) is 30.1. The fraction of sp³-hybridized carbons (Fsp3) is 0.0189. The van der Waals surface area contributed by atoms with Crippen molar-refractivity contribution >= 4 is 11.3 Å². The van der Waals surface area contributed by atoms with Gasteiger partial charge in [-0.25, -0.2) is 0 Å². The van der Waals surface area contributed by atoms with E-state index in [4.69, 9.17) is 4.74 Å². The molecular formula is C53H36OS. The van der Waals surface area contributed by atoms with Crippen LogP contribution in [0, 0.1) is 0 Å². The minimum absolute atomic E-state index is 0.530. The predicted octanol–water partition coefficient (Wildman–Crippen LogP) is 14.6. The highest BCUT2D eigenvalue weighted by Crippen LogP contribution is 2.56. The first-order chi connectivity index (χ1) is 27.3. The predicted molar refractivity (Wildman–Crippen MR) is 230 cm³/mol. The SMILES string of the molecule is c1ccc(-c2ccccc2-c2ccccc2-c2ccccc2-c2ccc(-c3ccc4c(c3)Oc3ccccc3C4(c3ccccc3)c3ccccc3)s2)cc1. The number of rotatable bonds is 7. The van der Waals surface area contributed by atoms with Crippen molar-refractivity contribution < 1.29 is 4.74 Å². The minimum Gasteiger partial charge on any atom is -0.457 e. The monoisotopic (exact) mass is 720 g/mol. The zero-order chi connectivity index (χ0) is 36.6. The fourth-order valence-corrected chi connectivity index (χ4v) is 9.52. The zero-order valence-corrected chi connectivity index (χ0v) is 30.9. The van der Waals surface area contributed by atoms with Crippen LogP contribution in [0.3, 0.4) is 0 Å². The summed E-state index contributed by atoms with van der Waals surface area (Å²) in [4.78, 5) is 2.42. The Morgan fingerprint density at radius 3 is 1.40 bits per heavy atom. The van der Waals surface area contributed by atoms with Crippen molar-refractivity contribution in [1.29, 1.82) is 0 Å². The summed E-state index contributed by atoms with van der Waals surface area (Å²) in [5.41, 5.74) is 13.9. The second-order valence-electron chi connectivity index (χ2n) is 14.0. The van der Waals surface area contributed by atoms with Crippen molar-refractivity contribution in [2.24, 2.45) is 0 Å². The second kappa shape index (κ2) is 13.9. The van der Waals surface area contributed by atoms with E-state index in [0.29, 0.717) is 0 Å². The molecule has 0 aliphatic carbocycles. The molecular weight excluding hydrogens is 685 g/mol. The first-order valence-electron chi connectivity index (χ1n) is 18.8. The van der Waals surface area contributed by atoms with Gasteiger partial charge in [0.25, 0.3) is 0 Å². The van der Waals surface area contributed by atoms with Crippen molar-refractivity contribution in [3.63, 3.8) is 0 Å². The molecule has 0 spiro atoms. The summed E-state index contributed by atoms with van der Waals surface area (Å²) in [6.45, 7) is 0. The van der Waals surface area contributed by atoms with Gasteiger partial charge >= 0.3 is 0 Å². The number of benzene rings is 8. The highest BCUT2D eigenvalue weighted by atomic mass is 32.1. The smallest absolute Gasteiger partial charge is 0.132 e. The lowest BCUT2D eigenvalue weighted by molar-refractivity contribution is 0.435. The molecule has 8 aromatic carbocycles. The van der Waals surface area contributed by atoms with E-state index in [0.717, 1.165) is 28.2 Å². The number of hydrogen-bond donors (Lipinski definition) is 0. The Bertz CT molecular complexity index is 2740. The van der Waals surface area contributed by atoms with Gasteiger partial charge in [-0.2, -0.15) is 0 Å². The molecule has 0 saturated heterocycles. The van der Waals surface area contributed by atoms with Gasteiger partial charge in [-0.3, -0.25) is 0 Å². The second-order valence-corrected chi connectivity index (χ2v) is 15.0. The lowest BCUT2D eigenvalue weighted by Gasteiger charge is -2.41. The maximum absolute atomic E-state index is 6.81. The van der Waals surface area contributed by atoms with Crippen molar-refractivity contribution in [2.75, 3.05) is 0 Å². The minimum atomic E-state index is -0.530. The summed E-state index contributed by atoms with van der Waals surface area (Å²) >= 11 is 1.82. The molecule has 0 atom stereocenters. The third-order valence-corrected chi connectivity index (χ3v) is 12.1. The molecule has 10 rings (SSSR count). The molecule has 0 saturated carbocycles. The van der Waals surface area contributed by atoms with E-state index < -0.39 is 5.41 Å². The Labute approximate surface area is 326 Å². The van der Waals surface area contributed by atoms with Crippen molar-refractivity contribution in [3.8, 4) is 65.8 Å². The molecule has 0 radical (unpaired) electrons. The van der Waals surface area contributed by atoms with Gasteiger partial charge in [-0.05, 0) is 79.9 Å². The van der Waals surface area contributed by atoms with Crippen LogP contribution in [0.25, 0.3) is 54.3 Å². The van der Waals surface area contributed by atoms with Crippen LogP contribution in [0.4, 0.5) is 0 Å². The van der Waals surface area contributed by atoms with Crippen LogP contribution in [0.5, 0.6) is 11.5 Å². The molecule has 0 N–H and O–H groups in total. The number of thiophene rings is 1. The molecule has 55 heavy (non-hydrogen) atoms. The molecule has 2 heterocycles. The van der Waals surface area contributed by atoms with Gasteiger partial charge in [0.15, 0.2) is 0 Å². The van der Waals surface area contributed by atoms with Crippen LogP contribution in [0.15, 0.2) is 218 Å². The van der Waals surface area contributed by atoms with Gasteiger partial charge < -0.3 is 4.74 Å². The van der Waals surface area contributed by atoms with Gasteiger partial charge in [0.05, 0.1) is 5.41 Å². The summed E-state index contributed by atoms with van der Waals surface area (Å²) in [6.07, 6.45) is 0. The van der Waals surface area contributed by atoms with E-state index in [9.17, 15) is 0 Å². The molecule has 0 amide bonds. The molecule has 2 heteroatoms. The van der Waals surface area contributed by atoms with Gasteiger partial charge in [0.1, 0.15) is 11.5 Å². The Balaban J connectivity index is 1.08. The average molecular weight is 721 g/mol. The molecule has 0 fully saturated rings. The van der Waals surface area contributed by atoms with Crippen LogP contribution in [-0.4, -0.2) is 0 Å². The molecule has 1 nitrogen and oxygen atoms in total. The fourth-order valence-electron chi connectivity index (χ4n) is 8.47. The standard InChI is InChI=1S/C53H36OS/c1-4-18-37(19-5-1)41-24-10-11-25-42(41)43-26-12-13-27-44(43)45-28-14-15-29-46(45)52-35-34-51(55-52)38-32-33-48-50(36-38)54-49-31-17-16-30-47(49)53(48,39-20-6-2-7-21-39)40-22-8-3-9-23-40/h1-36H.